The fourth-order valence-electron chi connectivity index (χ4n) is 3.15. The number of pyridine rings is 1. The van der Waals surface area contributed by atoms with Gasteiger partial charge in [-0.2, -0.15) is 0 Å². The van der Waals surface area contributed by atoms with E-state index >= 15 is 0 Å². The summed E-state index contributed by atoms with van der Waals surface area (Å²) in [5.74, 6) is 0.0236. The van der Waals surface area contributed by atoms with Crippen LogP contribution in [0.4, 0.5) is 10.5 Å². The zero-order valence-corrected chi connectivity index (χ0v) is 13.7. The molecule has 7 nitrogen and oxygen atoms in total. The molecule has 0 spiro atoms. The van der Waals surface area contributed by atoms with Gasteiger partial charge in [-0.05, 0) is 25.5 Å². The maximum Gasteiger partial charge on any atom is 0.317 e. The van der Waals surface area contributed by atoms with E-state index in [9.17, 15) is 9.59 Å². The van der Waals surface area contributed by atoms with E-state index < -0.39 is 6.04 Å². The van der Waals surface area contributed by atoms with E-state index in [0.29, 0.717) is 13.1 Å². The van der Waals surface area contributed by atoms with E-state index in [1.807, 2.05) is 24.1 Å². The maximum absolute atomic E-state index is 12.6. The van der Waals surface area contributed by atoms with Crippen molar-refractivity contribution in [2.75, 3.05) is 44.7 Å². The van der Waals surface area contributed by atoms with E-state index in [2.05, 4.69) is 21.3 Å². The molecule has 2 fully saturated rings. The molecular formula is C16H23N5O2. The molecule has 0 aromatic carbocycles. The summed E-state index contributed by atoms with van der Waals surface area (Å²) < 4.78 is 0. The first kappa shape index (κ1) is 15.6. The number of urea groups is 1. The van der Waals surface area contributed by atoms with Crippen LogP contribution in [0.3, 0.4) is 0 Å². The topological polar surface area (TPSA) is 68.8 Å². The fourth-order valence-corrected chi connectivity index (χ4v) is 3.15. The number of likely N-dealkylation sites (N-methyl/N-ethyl adjacent to an activating group) is 1. The standard InChI is InChI=1S/C16H23N5O2/c1-12-10-13(4-5-17-12)20-6-3-7-21(9-8-20)15(22)14-11-19(2)16(23)18-14/h4-5,10,14H,3,6-9,11H2,1-2H3,(H,18,23)/t14-/m0/s1. The Hall–Kier alpha value is -2.31. The van der Waals surface area contributed by atoms with Crippen LogP contribution in [0.1, 0.15) is 12.1 Å². The molecule has 2 aliphatic rings. The predicted octanol–water partition coefficient (Wildman–Crippen LogP) is 0.452. The lowest BCUT2D eigenvalue weighted by Gasteiger charge is -2.25. The lowest BCUT2D eigenvalue weighted by molar-refractivity contribution is -0.132. The van der Waals surface area contributed by atoms with Gasteiger partial charge in [0, 0.05) is 50.8 Å². The minimum absolute atomic E-state index is 0.0236. The summed E-state index contributed by atoms with van der Waals surface area (Å²) in [4.78, 5) is 34.1. The Labute approximate surface area is 136 Å². The summed E-state index contributed by atoms with van der Waals surface area (Å²) >= 11 is 0. The van der Waals surface area contributed by atoms with Gasteiger partial charge in [-0.15, -0.1) is 0 Å². The lowest BCUT2D eigenvalue weighted by atomic mass is 10.2. The molecular weight excluding hydrogens is 294 g/mol. The van der Waals surface area contributed by atoms with Gasteiger partial charge in [-0.25, -0.2) is 4.79 Å². The van der Waals surface area contributed by atoms with Crippen LogP contribution >= 0.6 is 0 Å². The average Bonchev–Trinajstić information content (AvgIpc) is 2.75. The van der Waals surface area contributed by atoms with Crippen molar-refractivity contribution >= 4 is 17.6 Å². The molecule has 1 aromatic heterocycles. The Balaban J connectivity index is 1.62. The Bertz CT molecular complexity index is 606. The number of anilines is 1. The smallest absolute Gasteiger partial charge is 0.317 e. The van der Waals surface area contributed by atoms with Gasteiger partial charge in [0.15, 0.2) is 0 Å². The molecule has 3 heterocycles. The van der Waals surface area contributed by atoms with Crippen molar-refractivity contribution in [2.24, 2.45) is 0 Å². The molecule has 0 unspecified atom stereocenters. The quantitative estimate of drug-likeness (QED) is 0.860. The van der Waals surface area contributed by atoms with Gasteiger partial charge in [0.2, 0.25) is 5.91 Å². The molecule has 3 rings (SSSR count). The minimum Gasteiger partial charge on any atom is -0.370 e. The Morgan fingerprint density at radius 3 is 2.83 bits per heavy atom. The molecule has 7 heteroatoms. The zero-order valence-electron chi connectivity index (χ0n) is 13.7. The molecule has 3 amide bonds. The van der Waals surface area contributed by atoms with Gasteiger partial charge in [-0.3, -0.25) is 9.78 Å². The van der Waals surface area contributed by atoms with Crippen LogP contribution in [0.25, 0.3) is 0 Å². The Morgan fingerprint density at radius 2 is 2.13 bits per heavy atom. The lowest BCUT2D eigenvalue weighted by Crippen LogP contribution is -2.46. The minimum atomic E-state index is -0.415. The van der Waals surface area contributed by atoms with Gasteiger partial charge in [-0.1, -0.05) is 0 Å². The number of carbonyl (C=O) groups is 2. The maximum atomic E-state index is 12.6. The highest BCUT2D eigenvalue weighted by Gasteiger charge is 2.34. The third-order valence-corrected chi connectivity index (χ3v) is 4.45. The van der Waals surface area contributed by atoms with Crippen LogP contribution in [0, 0.1) is 6.92 Å². The number of amides is 3. The molecule has 124 valence electrons. The normalized spacial score (nSPS) is 22.1. The van der Waals surface area contributed by atoms with Crippen LogP contribution in [0.2, 0.25) is 0 Å². The Morgan fingerprint density at radius 1 is 1.30 bits per heavy atom. The van der Waals surface area contributed by atoms with Crippen molar-refractivity contribution in [3.63, 3.8) is 0 Å². The molecule has 1 atom stereocenters. The van der Waals surface area contributed by atoms with Gasteiger partial charge >= 0.3 is 6.03 Å². The number of nitrogens with zero attached hydrogens (tertiary/aromatic N) is 4. The molecule has 0 saturated carbocycles. The van der Waals surface area contributed by atoms with E-state index in [-0.39, 0.29) is 11.9 Å². The van der Waals surface area contributed by atoms with Gasteiger partial charge in [0.05, 0.1) is 6.54 Å². The second-order valence-corrected chi connectivity index (χ2v) is 6.20. The Kier molecular flexibility index (Phi) is 4.36. The molecule has 0 radical (unpaired) electrons. The monoisotopic (exact) mass is 317 g/mol. The fraction of sp³-hybridized carbons (Fsp3) is 0.562. The van der Waals surface area contributed by atoms with E-state index in [1.165, 1.54) is 0 Å². The highest BCUT2D eigenvalue weighted by molar-refractivity contribution is 5.90. The summed E-state index contributed by atoms with van der Waals surface area (Å²) in [5, 5.41) is 2.75. The highest BCUT2D eigenvalue weighted by atomic mass is 16.2. The van der Waals surface area contributed by atoms with Gasteiger partial charge in [0.25, 0.3) is 0 Å². The second kappa shape index (κ2) is 6.44. The SMILES string of the molecule is Cc1cc(N2CCCN(C(=O)[C@@H]3CN(C)C(=O)N3)CC2)ccn1. The first-order chi connectivity index (χ1) is 11.0. The van der Waals surface area contributed by atoms with Crippen molar-refractivity contribution in [3.05, 3.63) is 24.0 Å². The van der Waals surface area contributed by atoms with Crippen LogP contribution in [0.5, 0.6) is 0 Å². The molecule has 1 N–H and O–H groups in total. The number of rotatable bonds is 2. The van der Waals surface area contributed by atoms with Crippen LogP contribution < -0.4 is 10.2 Å². The van der Waals surface area contributed by atoms with Crippen molar-refractivity contribution in [3.8, 4) is 0 Å². The van der Waals surface area contributed by atoms with Crippen LogP contribution in [-0.4, -0.2) is 72.5 Å². The van der Waals surface area contributed by atoms with Crippen molar-refractivity contribution < 1.29 is 9.59 Å². The summed E-state index contributed by atoms with van der Waals surface area (Å²) in [6, 6.07) is 3.49. The first-order valence-electron chi connectivity index (χ1n) is 8.02. The van der Waals surface area contributed by atoms with Crippen LogP contribution in [0.15, 0.2) is 18.3 Å². The van der Waals surface area contributed by atoms with E-state index in [0.717, 1.165) is 37.4 Å². The number of aromatic nitrogens is 1. The predicted molar refractivity (Wildman–Crippen MR) is 87.3 cm³/mol. The molecule has 23 heavy (non-hydrogen) atoms. The number of hydrogen-bond acceptors (Lipinski definition) is 4. The summed E-state index contributed by atoms with van der Waals surface area (Å²) in [6.07, 6.45) is 2.74. The number of aryl methyl sites for hydroxylation is 1. The van der Waals surface area contributed by atoms with E-state index in [1.54, 1.807) is 11.9 Å². The van der Waals surface area contributed by atoms with Crippen molar-refractivity contribution in [1.29, 1.82) is 0 Å². The third kappa shape index (κ3) is 3.38. The zero-order chi connectivity index (χ0) is 16.4. The molecule has 2 aliphatic heterocycles. The van der Waals surface area contributed by atoms with Crippen molar-refractivity contribution in [1.82, 2.24) is 20.1 Å². The highest BCUT2D eigenvalue weighted by Crippen LogP contribution is 2.17. The number of nitrogens with one attached hydrogen (secondary N) is 1. The summed E-state index contributed by atoms with van der Waals surface area (Å²) in [7, 11) is 1.71. The number of hydrogen-bond donors (Lipinski definition) is 1. The third-order valence-electron chi connectivity index (χ3n) is 4.45. The molecule has 0 aliphatic carbocycles. The average molecular weight is 317 g/mol. The molecule has 2 saturated heterocycles. The summed E-state index contributed by atoms with van der Waals surface area (Å²) in [6.45, 7) is 5.56. The second-order valence-electron chi connectivity index (χ2n) is 6.20. The van der Waals surface area contributed by atoms with E-state index in [4.69, 9.17) is 0 Å². The van der Waals surface area contributed by atoms with Gasteiger partial charge in [0.1, 0.15) is 6.04 Å². The van der Waals surface area contributed by atoms with Crippen LogP contribution in [-0.2, 0) is 4.79 Å². The van der Waals surface area contributed by atoms with Crippen molar-refractivity contribution in [2.45, 2.75) is 19.4 Å². The first-order valence-corrected chi connectivity index (χ1v) is 8.02. The molecule has 0 bridgehead atoms. The summed E-state index contributed by atoms with van der Waals surface area (Å²) in [5.41, 5.74) is 2.15. The number of carbonyl (C=O) groups excluding carboxylic acids is 2. The largest absolute Gasteiger partial charge is 0.370 e. The molecule has 1 aromatic rings. The van der Waals surface area contributed by atoms with Gasteiger partial charge < -0.3 is 20.0 Å².